The van der Waals surface area contributed by atoms with Gasteiger partial charge in [-0.25, -0.2) is 4.79 Å². The molecule has 0 spiro atoms. The van der Waals surface area contributed by atoms with Crippen molar-refractivity contribution in [1.82, 2.24) is 5.32 Å². The molecule has 3 fully saturated rings. The summed E-state index contributed by atoms with van der Waals surface area (Å²) in [6, 6.07) is 0. The van der Waals surface area contributed by atoms with Gasteiger partial charge in [-0.3, -0.25) is 0 Å². The van der Waals surface area contributed by atoms with Crippen molar-refractivity contribution in [2.45, 2.75) is 150 Å². The van der Waals surface area contributed by atoms with Gasteiger partial charge in [0.15, 0.2) is 0 Å². The maximum atomic E-state index is 12.4. The van der Waals surface area contributed by atoms with E-state index in [2.05, 4.69) is 46.0 Å². The predicted octanol–water partition coefficient (Wildman–Crippen LogP) is 10.1. The van der Waals surface area contributed by atoms with Gasteiger partial charge in [0.05, 0.1) is 0 Å². The van der Waals surface area contributed by atoms with Crippen molar-refractivity contribution >= 4 is 6.09 Å². The summed E-state index contributed by atoms with van der Waals surface area (Å²) in [5.41, 5.74) is 2.57. The van der Waals surface area contributed by atoms with Crippen LogP contribution in [-0.4, -0.2) is 18.7 Å². The summed E-state index contributed by atoms with van der Waals surface area (Å²) < 4.78 is 5.92. The van der Waals surface area contributed by atoms with E-state index in [1.54, 1.807) is 5.57 Å². The molecule has 0 aliphatic heterocycles. The summed E-state index contributed by atoms with van der Waals surface area (Å²) in [7, 11) is 0. The van der Waals surface area contributed by atoms with Crippen LogP contribution in [0, 0.1) is 40.4 Å². The first-order chi connectivity index (χ1) is 17.8. The van der Waals surface area contributed by atoms with Crippen LogP contribution >= 0.6 is 0 Å². The Kier molecular flexibility index (Phi) is 10.1. The Bertz CT molecular complexity index is 780. The second-order valence-corrected chi connectivity index (χ2v) is 14.1. The van der Waals surface area contributed by atoms with Crippen molar-refractivity contribution in [2.75, 3.05) is 6.54 Å². The third-order valence-corrected chi connectivity index (χ3v) is 11.8. The molecule has 1 amide bonds. The monoisotopic (exact) mass is 515 g/mol. The molecule has 0 aromatic rings. The number of hydrogen-bond donors (Lipinski definition) is 1. The molecular formula is C34H61NO2. The van der Waals surface area contributed by atoms with Gasteiger partial charge in [-0.15, -0.1) is 0 Å². The Hall–Kier alpha value is -0.990. The normalized spacial score (nSPS) is 36.9. The molecule has 0 heterocycles. The van der Waals surface area contributed by atoms with Gasteiger partial charge in [-0.1, -0.05) is 84.8 Å². The lowest BCUT2D eigenvalue weighted by Gasteiger charge is -2.59. The smallest absolute Gasteiger partial charge is 0.407 e. The molecule has 3 heteroatoms. The first-order valence-electron chi connectivity index (χ1n) is 16.5. The van der Waals surface area contributed by atoms with Crippen molar-refractivity contribution in [1.29, 1.82) is 0 Å². The SMILES string of the molecule is CCCCCCNC(=O)O[C@H]1CC[C@@]2(C)C(=CCC3C4CC[C@H](CCCCC(C)C)C4(CC)CCC32)C1.[HH]. The van der Waals surface area contributed by atoms with Gasteiger partial charge in [0, 0.05) is 14.4 Å². The first kappa shape index (κ1) is 29.0. The van der Waals surface area contributed by atoms with E-state index in [9.17, 15) is 4.79 Å². The minimum atomic E-state index is -0.199. The summed E-state index contributed by atoms with van der Waals surface area (Å²) in [6.07, 6.45) is 24.7. The Labute approximate surface area is 230 Å². The zero-order chi connectivity index (χ0) is 26.5. The first-order valence-corrected chi connectivity index (χ1v) is 16.5. The molecule has 7 atom stereocenters. The van der Waals surface area contributed by atoms with Gasteiger partial charge < -0.3 is 10.1 Å². The van der Waals surface area contributed by atoms with Gasteiger partial charge in [0.1, 0.15) is 6.10 Å². The average molecular weight is 516 g/mol. The molecule has 3 nitrogen and oxygen atoms in total. The van der Waals surface area contributed by atoms with Crippen LogP contribution in [0.3, 0.4) is 0 Å². The van der Waals surface area contributed by atoms with E-state index in [1.807, 2.05) is 0 Å². The van der Waals surface area contributed by atoms with E-state index in [0.717, 1.165) is 55.4 Å². The van der Waals surface area contributed by atoms with Crippen LogP contribution in [0.5, 0.6) is 0 Å². The zero-order valence-corrected chi connectivity index (χ0v) is 25.1. The number of fused-ring (bicyclic) bond motifs is 5. The van der Waals surface area contributed by atoms with E-state index >= 15 is 0 Å². The minimum Gasteiger partial charge on any atom is -0.446 e. The maximum Gasteiger partial charge on any atom is 0.407 e. The highest BCUT2D eigenvalue weighted by atomic mass is 16.6. The molecule has 214 valence electrons. The number of allylic oxidation sites excluding steroid dienone is 1. The summed E-state index contributed by atoms with van der Waals surface area (Å²) in [5.74, 6) is 4.48. The van der Waals surface area contributed by atoms with Crippen LogP contribution in [0.15, 0.2) is 11.6 Å². The second-order valence-electron chi connectivity index (χ2n) is 14.1. The Morgan fingerprint density at radius 3 is 2.65 bits per heavy atom. The standard InChI is InChI=1S/C34H59NO2.H2/c1-6-8-9-12-23-35-32(36)37-28-19-21-33(5)27(24-28)15-17-29-30(33)20-22-34(7-2)26(16-18-31(29)34)14-11-10-13-25(3)4;/h15,25-26,28-31H,6-14,16-24H2,1-5H3,(H,35,36);1H/t26-,28-,29?,30?,31?,33-,34?;/m0./s1. The highest BCUT2D eigenvalue weighted by molar-refractivity contribution is 5.67. The minimum absolute atomic E-state index is 0. The van der Waals surface area contributed by atoms with Crippen LogP contribution in [-0.2, 0) is 4.74 Å². The van der Waals surface area contributed by atoms with Gasteiger partial charge in [-0.2, -0.15) is 0 Å². The number of ether oxygens (including phenoxy) is 1. The average Bonchev–Trinajstić information content (AvgIpc) is 3.25. The molecule has 0 radical (unpaired) electrons. The zero-order valence-electron chi connectivity index (χ0n) is 25.1. The van der Waals surface area contributed by atoms with Crippen LogP contribution in [0.1, 0.15) is 145 Å². The highest BCUT2D eigenvalue weighted by Gasteiger charge is 2.59. The van der Waals surface area contributed by atoms with Crippen LogP contribution in [0.25, 0.3) is 0 Å². The highest BCUT2D eigenvalue weighted by Crippen LogP contribution is 2.68. The van der Waals surface area contributed by atoms with Crippen LogP contribution in [0.2, 0.25) is 0 Å². The number of amides is 1. The van der Waals surface area contributed by atoms with E-state index in [0.29, 0.717) is 10.8 Å². The van der Waals surface area contributed by atoms with Crippen molar-refractivity contribution in [3.05, 3.63) is 11.6 Å². The van der Waals surface area contributed by atoms with Crippen molar-refractivity contribution in [3.8, 4) is 0 Å². The largest absolute Gasteiger partial charge is 0.446 e. The van der Waals surface area contributed by atoms with E-state index in [4.69, 9.17) is 4.74 Å². The van der Waals surface area contributed by atoms with Crippen molar-refractivity contribution < 1.29 is 11.0 Å². The molecule has 0 bridgehead atoms. The van der Waals surface area contributed by atoms with E-state index in [-0.39, 0.29) is 13.6 Å². The number of nitrogens with one attached hydrogen (secondary N) is 1. The third-order valence-electron chi connectivity index (χ3n) is 11.8. The maximum absolute atomic E-state index is 12.4. The number of unbranched alkanes of at least 4 members (excludes halogenated alkanes) is 4. The molecule has 0 saturated heterocycles. The number of carbonyl (C=O) groups excluding carboxylic acids is 1. The Balaban J connectivity index is 0.00000400. The lowest BCUT2D eigenvalue weighted by atomic mass is 9.46. The second kappa shape index (κ2) is 12.9. The molecule has 4 rings (SSSR count). The number of rotatable bonds is 12. The topological polar surface area (TPSA) is 38.3 Å². The molecule has 0 aromatic carbocycles. The number of alkyl carbamates (subject to hydrolysis) is 1. The molecule has 0 aromatic heterocycles. The molecule has 4 unspecified atom stereocenters. The summed E-state index contributed by atoms with van der Waals surface area (Å²) in [6.45, 7) is 12.8. The van der Waals surface area contributed by atoms with Gasteiger partial charge in [0.2, 0.25) is 0 Å². The molecular weight excluding hydrogens is 454 g/mol. The lowest BCUT2D eigenvalue weighted by molar-refractivity contribution is -0.0620. The van der Waals surface area contributed by atoms with Gasteiger partial charge >= 0.3 is 6.09 Å². The molecule has 4 aliphatic carbocycles. The Morgan fingerprint density at radius 1 is 1.05 bits per heavy atom. The fourth-order valence-electron chi connectivity index (χ4n) is 9.69. The van der Waals surface area contributed by atoms with Gasteiger partial charge in [-0.05, 0) is 105 Å². The predicted molar refractivity (Wildman–Crippen MR) is 158 cm³/mol. The lowest BCUT2D eigenvalue weighted by Crippen LogP contribution is -2.51. The van der Waals surface area contributed by atoms with Crippen molar-refractivity contribution in [2.24, 2.45) is 40.4 Å². The fourth-order valence-corrected chi connectivity index (χ4v) is 9.69. The molecule has 3 saturated carbocycles. The van der Waals surface area contributed by atoms with Crippen molar-refractivity contribution in [3.63, 3.8) is 0 Å². The van der Waals surface area contributed by atoms with Crippen LogP contribution < -0.4 is 5.32 Å². The summed E-state index contributed by atoms with van der Waals surface area (Å²) in [4.78, 5) is 12.4. The molecule has 1 N–H and O–H groups in total. The van der Waals surface area contributed by atoms with E-state index in [1.165, 1.54) is 89.9 Å². The molecule has 37 heavy (non-hydrogen) atoms. The van der Waals surface area contributed by atoms with Crippen LogP contribution in [0.4, 0.5) is 4.79 Å². The fraction of sp³-hybridized carbons (Fsp3) is 0.912. The van der Waals surface area contributed by atoms with E-state index < -0.39 is 0 Å². The number of hydrogen-bond acceptors (Lipinski definition) is 2. The Morgan fingerprint density at radius 2 is 1.89 bits per heavy atom. The number of carbonyl (C=O) groups is 1. The molecule has 4 aliphatic rings. The summed E-state index contributed by atoms with van der Waals surface area (Å²) in [5, 5.41) is 3.00. The summed E-state index contributed by atoms with van der Waals surface area (Å²) >= 11 is 0. The third kappa shape index (κ3) is 6.27. The van der Waals surface area contributed by atoms with Gasteiger partial charge in [0.25, 0.3) is 0 Å². The quantitative estimate of drug-likeness (QED) is 0.207.